The molecule has 0 spiro atoms. The Bertz CT molecular complexity index is 1500. The fourth-order valence-electron chi connectivity index (χ4n) is 3.96. The lowest BCUT2D eigenvalue weighted by Crippen LogP contribution is -2.35. The largest absolute Gasteiger partial charge is 0.493 e. The van der Waals surface area contributed by atoms with Crippen LogP contribution in [0.3, 0.4) is 0 Å². The molecule has 36 heavy (non-hydrogen) atoms. The summed E-state index contributed by atoms with van der Waals surface area (Å²) >= 11 is 1.02. The van der Waals surface area contributed by atoms with Crippen LogP contribution in [-0.4, -0.2) is 42.2 Å². The van der Waals surface area contributed by atoms with Crippen molar-refractivity contribution in [1.29, 1.82) is 5.26 Å². The van der Waals surface area contributed by atoms with Gasteiger partial charge in [-0.1, -0.05) is 23.8 Å². The highest BCUT2D eigenvalue weighted by Crippen LogP contribution is 2.29. The molecule has 0 atom stereocenters. The number of halogens is 2. The molecule has 1 aliphatic heterocycles. The predicted octanol–water partition coefficient (Wildman–Crippen LogP) is 2.94. The molecule has 0 N–H and O–H groups in total. The predicted molar refractivity (Wildman–Crippen MR) is 132 cm³/mol. The molecule has 0 aliphatic carbocycles. The van der Waals surface area contributed by atoms with Crippen LogP contribution in [0.5, 0.6) is 11.5 Å². The van der Waals surface area contributed by atoms with E-state index in [1.165, 1.54) is 29.9 Å². The number of nitrogens with zero attached hydrogens (tertiary/aromatic N) is 3. The molecular weight excluding hydrogens is 488 g/mol. The maximum atomic E-state index is 13.6. The normalized spacial score (nSPS) is 14.7. The molecule has 3 aromatic rings. The van der Waals surface area contributed by atoms with Gasteiger partial charge in [-0.05, 0) is 55.7 Å². The van der Waals surface area contributed by atoms with E-state index in [9.17, 15) is 23.6 Å². The lowest BCUT2D eigenvalue weighted by molar-refractivity contribution is -0.123. The van der Waals surface area contributed by atoms with Gasteiger partial charge < -0.3 is 14.4 Å². The number of aromatic nitrogens is 1. The van der Waals surface area contributed by atoms with Crippen LogP contribution in [0.2, 0.25) is 0 Å². The van der Waals surface area contributed by atoms with E-state index in [1.54, 1.807) is 23.1 Å². The average Bonchev–Trinajstić information content (AvgIpc) is 3.50. The number of likely N-dealkylation sites (tertiary alicyclic amines) is 1. The number of hydrogen-bond donors (Lipinski definition) is 0. The molecule has 2 heterocycles. The summed E-state index contributed by atoms with van der Waals surface area (Å²) in [5, 5.41) is 9.94. The van der Waals surface area contributed by atoms with Crippen LogP contribution in [0, 0.1) is 18.3 Å². The topological polar surface area (TPSA) is 84.6 Å². The Hall–Kier alpha value is -3.97. The summed E-state index contributed by atoms with van der Waals surface area (Å²) in [6.45, 7) is 0.0356. The smallest absolute Gasteiger partial charge is 0.387 e. The Balaban J connectivity index is 1.94. The zero-order chi connectivity index (χ0) is 25.8. The molecule has 2 aromatic carbocycles. The Morgan fingerprint density at radius 3 is 2.44 bits per heavy atom. The summed E-state index contributed by atoms with van der Waals surface area (Å²) in [5.74, 6) is -0.461. The lowest BCUT2D eigenvalue weighted by atomic mass is 10.2. The minimum atomic E-state index is -3.01. The molecular formula is C26H23F2N3O4S. The molecule has 1 fully saturated rings. The first-order valence-corrected chi connectivity index (χ1v) is 12.0. The van der Waals surface area contributed by atoms with E-state index < -0.39 is 18.1 Å². The minimum absolute atomic E-state index is 0.0770. The summed E-state index contributed by atoms with van der Waals surface area (Å²) < 4.78 is 36.8. The summed E-state index contributed by atoms with van der Waals surface area (Å²) in [6, 6.07) is 13.5. The van der Waals surface area contributed by atoms with Gasteiger partial charge in [0.05, 0.1) is 17.3 Å². The maximum Gasteiger partial charge on any atom is 0.387 e. The van der Waals surface area contributed by atoms with Gasteiger partial charge in [0.2, 0.25) is 0 Å². The summed E-state index contributed by atoms with van der Waals surface area (Å²) in [6.07, 6.45) is 3.29. The number of carbonyl (C=O) groups is 1. The molecule has 1 amide bonds. The van der Waals surface area contributed by atoms with Crippen molar-refractivity contribution in [1.82, 2.24) is 9.47 Å². The maximum absolute atomic E-state index is 13.6. The van der Waals surface area contributed by atoms with Gasteiger partial charge in [0, 0.05) is 13.1 Å². The standard InChI is InChI=1S/C26H23F2N3O4S/c1-16-5-8-18(9-6-16)31-24(33)22(14-17-7-10-20(35-26(27)28)21(13-17)34-2)36-25(31)19(15-29)23(32)30-11-3-4-12-30/h5-10,13-14,26H,3-4,11-12H2,1-2H3/b22-14-,25-19+. The van der Waals surface area contributed by atoms with Gasteiger partial charge in [-0.3, -0.25) is 14.2 Å². The highest BCUT2D eigenvalue weighted by molar-refractivity contribution is 7.07. The fourth-order valence-corrected chi connectivity index (χ4v) is 5.06. The zero-order valence-electron chi connectivity index (χ0n) is 19.7. The molecule has 1 aliphatic rings. The van der Waals surface area contributed by atoms with E-state index in [0.29, 0.717) is 24.3 Å². The van der Waals surface area contributed by atoms with E-state index in [0.717, 1.165) is 29.7 Å². The van der Waals surface area contributed by atoms with E-state index >= 15 is 0 Å². The molecule has 186 valence electrons. The lowest BCUT2D eigenvalue weighted by Gasteiger charge is -2.14. The van der Waals surface area contributed by atoms with Gasteiger partial charge in [0.15, 0.2) is 17.1 Å². The number of benzene rings is 2. The second kappa shape index (κ2) is 10.7. The van der Waals surface area contributed by atoms with Crippen LogP contribution in [0.1, 0.15) is 24.0 Å². The van der Waals surface area contributed by atoms with Crippen molar-refractivity contribution < 1.29 is 23.0 Å². The Labute approximate surface area is 209 Å². The molecule has 10 heteroatoms. The van der Waals surface area contributed by atoms with Gasteiger partial charge in [-0.25, -0.2) is 0 Å². The van der Waals surface area contributed by atoms with Crippen LogP contribution < -0.4 is 24.2 Å². The molecule has 1 saturated heterocycles. The molecule has 4 rings (SSSR count). The van der Waals surface area contributed by atoms with Crippen LogP contribution in [0.15, 0.2) is 47.3 Å². The first kappa shape index (κ1) is 25.1. The Kier molecular flexibility index (Phi) is 7.50. The van der Waals surface area contributed by atoms with Crippen LogP contribution in [-0.2, 0) is 4.79 Å². The van der Waals surface area contributed by atoms with Crippen LogP contribution in [0.25, 0.3) is 17.3 Å². The average molecular weight is 512 g/mol. The first-order chi connectivity index (χ1) is 17.3. The van der Waals surface area contributed by atoms with E-state index in [-0.39, 0.29) is 26.3 Å². The van der Waals surface area contributed by atoms with Crippen molar-refractivity contribution in [3.63, 3.8) is 0 Å². The van der Waals surface area contributed by atoms with Gasteiger partial charge in [0.25, 0.3) is 11.5 Å². The number of aryl methyl sites for hydroxylation is 1. The van der Waals surface area contributed by atoms with Crippen molar-refractivity contribution >= 4 is 28.9 Å². The van der Waals surface area contributed by atoms with E-state index in [1.807, 2.05) is 25.1 Å². The molecule has 0 saturated carbocycles. The van der Waals surface area contributed by atoms with E-state index in [4.69, 9.17) is 4.74 Å². The van der Waals surface area contributed by atoms with Crippen molar-refractivity contribution in [3.8, 4) is 23.3 Å². The monoisotopic (exact) mass is 511 g/mol. The third kappa shape index (κ3) is 5.16. The minimum Gasteiger partial charge on any atom is -0.493 e. The molecule has 0 bridgehead atoms. The Morgan fingerprint density at radius 1 is 1.14 bits per heavy atom. The van der Waals surface area contributed by atoms with E-state index in [2.05, 4.69) is 4.74 Å². The number of methoxy groups -OCH3 is 1. The number of hydrogen-bond acceptors (Lipinski definition) is 6. The Morgan fingerprint density at radius 2 is 1.83 bits per heavy atom. The van der Waals surface area contributed by atoms with Crippen molar-refractivity contribution in [2.75, 3.05) is 20.2 Å². The SMILES string of the molecule is COc1cc(/C=c2\s/c(=C(\C#N)C(=O)N3CCCC3)n(-c3ccc(C)cc3)c2=O)ccc1OC(F)F. The van der Waals surface area contributed by atoms with Crippen molar-refractivity contribution in [2.24, 2.45) is 0 Å². The number of ether oxygens (including phenoxy) is 2. The third-order valence-corrected chi connectivity index (χ3v) is 6.84. The van der Waals surface area contributed by atoms with Gasteiger partial charge in [-0.2, -0.15) is 14.0 Å². The number of alkyl halides is 2. The van der Waals surface area contributed by atoms with Crippen LogP contribution >= 0.6 is 11.3 Å². The fraction of sp³-hybridized carbons (Fsp3) is 0.269. The number of rotatable bonds is 6. The highest BCUT2D eigenvalue weighted by Gasteiger charge is 2.24. The number of amides is 1. The number of carbonyl (C=O) groups excluding carboxylic acids is 1. The highest BCUT2D eigenvalue weighted by atomic mass is 32.1. The van der Waals surface area contributed by atoms with Gasteiger partial charge >= 0.3 is 6.61 Å². The van der Waals surface area contributed by atoms with Crippen molar-refractivity contribution in [3.05, 3.63) is 73.1 Å². The zero-order valence-corrected chi connectivity index (χ0v) is 20.5. The number of nitriles is 1. The molecule has 7 nitrogen and oxygen atoms in total. The van der Waals surface area contributed by atoms with Crippen molar-refractivity contribution in [2.45, 2.75) is 26.4 Å². The first-order valence-electron chi connectivity index (χ1n) is 11.2. The third-order valence-electron chi connectivity index (χ3n) is 5.75. The summed E-state index contributed by atoms with van der Waals surface area (Å²) in [4.78, 5) is 28.3. The quantitative estimate of drug-likeness (QED) is 0.508. The second-order valence-electron chi connectivity index (χ2n) is 8.17. The van der Waals surface area contributed by atoms with Crippen LogP contribution in [0.4, 0.5) is 8.78 Å². The van der Waals surface area contributed by atoms with Gasteiger partial charge in [0.1, 0.15) is 10.7 Å². The molecule has 0 unspecified atom stereocenters. The number of thiazole rings is 1. The summed E-state index contributed by atoms with van der Waals surface area (Å²) in [7, 11) is 1.32. The molecule has 1 aromatic heterocycles. The second-order valence-corrected chi connectivity index (χ2v) is 9.20. The van der Waals surface area contributed by atoms with Gasteiger partial charge in [-0.15, -0.1) is 11.3 Å². The molecule has 0 radical (unpaired) electrons. The summed E-state index contributed by atoms with van der Waals surface area (Å²) in [5.41, 5.74) is 1.51.